The normalized spacial score (nSPS) is 16.1. The fraction of sp³-hybridized carbons (Fsp3) is 0.217. The van der Waals surface area contributed by atoms with Gasteiger partial charge < -0.3 is 19.5 Å². The second-order valence-electron chi connectivity index (χ2n) is 7.30. The van der Waals surface area contributed by atoms with Crippen LogP contribution in [0.25, 0.3) is 11.1 Å². The van der Waals surface area contributed by atoms with Crippen LogP contribution in [-0.2, 0) is 17.6 Å². The lowest BCUT2D eigenvalue weighted by atomic mass is 10.0. The summed E-state index contributed by atoms with van der Waals surface area (Å²) < 4.78 is 30.8. The molecule has 0 aliphatic carbocycles. The molecule has 0 saturated carbocycles. The zero-order valence-electron chi connectivity index (χ0n) is 16.1. The van der Waals surface area contributed by atoms with Crippen LogP contribution in [0.15, 0.2) is 54.9 Å². The Kier molecular flexibility index (Phi) is 4.71. The number of benzene rings is 2. The lowest BCUT2D eigenvalue weighted by Crippen LogP contribution is -2.35. The minimum absolute atomic E-state index is 0.118. The van der Waals surface area contributed by atoms with Crippen LogP contribution in [0.1, 0.15) is 11.1 Å². The largest absolute Gasteiger partial charge is 0.487 e. The van der Waals surface area contributed by atoms with Crippen molar-refractivity contribution in [2.45, 2.75) is 18.9 Å². The summed E-state index contributed by atoms with van der Waals surface area (Å²) in [5, 5.41) is 2.91. The Morgan fingerprint density at radius 3 is 2.93 bits per heavy atom. The first-order valence-corrected chi connectivity index (χ1v) is 9.70. The van der Waals surface area contributed by atoms with E-state index in [4.69, 9.17) is 14.2 Å². The standard InChI is InChI=1S/C23H19FN2O4/c24-17-8-16-9-18(30-23(16)19(10-17)15-2-1-5-25-11-15)12-26-22(27)7-14-3-4-20-21(6-14)29-13-28-20/h1-6,8,10-11,18H,7,9,12-13H2,(H,26,27)/t18-/m1/s1. The average molecular weight is 406 g/mol. The predicted molar refractivity (Wildman–Crippen MR) is 107 cm³/mol. The van der Waals surface area contributed by atoms with Gasteiger partial charge in [0.2, 0.25) is 12.7 Å². The molecule has 2 aliphatic rings. The number of ether oxygens (including phenoxy) is 3. The Bertz CT molecular complexity index is 1100. The summed E-state index contributed by atoms with van der Waals surface area (Å²) in [7, 11) is 0. The fourth-order valence-corrected chi connectivity index (χ4v) is 3.77. The molecule has 0 bridgehead atoms. The Balaban J connectivity index is 1.23. The predicted octanol–water partition coefficient (Wildman–Crippen LogP) is 3.28. The van der Waals surface area contributed by atoms with Crippen molar-refractivity contribution >= 4 is 5.91 Å². The van der Waals surface area contributed by atoms with Crippen LogP contribution >= 0.6 is 0 Å². The number of fused-ring (bicyclic) bond motifs is 2. The van der Waals surface area contributed by atoms with Crippen LogP contribution < -0.4 is 19.5 Å². The molecule has 0 radical (unpaired) electrons. The monoisotopic (exact) mass is 406 g/mol. The summed E-state index contributed by atoms with van der Waals surface area (Å²) in [6.07, 6.45) is 3.86. The Morgan fingerprint density at radius 1 is 1.17 bits per heavy atom. The van der Waals surface area contributed by atoms with Crippen LogP contribution in [0.2, 0.25) is 0 Å². The van der Waals surface area contributed by atoms with Gasteiger partial charge in [0.05, 0.1) is 13.0 Å². The number of hydrogen-bond acceptors (Lipinski definition) is 5. The second kappa shape index (κ2) is 7.67. The lowest BCUT2D eigenvalue weighted by molar-refractivity contribution is -0.120. The van der Waals surface area contributed by atoms with Gasteiger partial charge in [-0.3, -0.25) is 9.78 Å². The molecule has 2 aliphatic heterocycles. The molecule has 30 heavy (non-hydrogen) atoms. The SMILES string of the molecule is O=C(Cc1ccc2c(c1)OCO2)NC[C@H]1Cc2cc(F)cc(-c3cccnc3)c2O1. The van der Waals surface area contributed by atoms with Crippen molar-refractivity contribution < 1.29 is 23.4 Å². The minimum atomic E-state index is -0.316. The molecule has 1 amide bonds. The number of nitrogens with zero attached hydrogens (tertiary/aromatic N) is 1. The number of halogens is 1. The quantitative estimate of drug-likeness (QED) is 0.704. The molecule has 2 aromatic carbocycles. The summed E-state index contributed by atoms with van der Waals surface area (Å²) in [5.41, 5.74) is 3.10. The van der Waals surface area contributed by atoms with Crippen LogP contribution in [0.4, 0.5) is 4.39 Å². The molecule has 3 heterocycles. The number of carbonyl (C=O) groups is 1. The highest BCUT2D eigenvalue weighted by Crippen LogP contribution is 2.39. The number of carbonyl (C=O) groups excluding carboxylic acids is 1. The van der Waals surface area contributed by atoms with Gasteiger partial charge in [0.25, 0.3) is 0 Å². The minimum Gasteiger partial charge on any atom is -0.487 e. The number of rotatable bonds is 5. The van der Waals surface area contributed by atoms with Crippen molar-refractivity contribution in [3.8, 4) is 28.4 Å². The van der Waals surface area contributed by atoms with Gasteiger partial charge in [0, 0.05) is 35.5 Å². The summed E-state index contributed by atoms with van der Waals surface area (Å²) in [6.45, 7) is 0.540. The van der Waals surface area contributed by atoms with Crippen molar-refractivity contribution in [1.82, 2.24) is 10.3 Å². The van der Waals surface area contributed by atoms with Crippen molar-refractivity contribution in [2.75, 3.05) is 13.3 Å². The van der Waals surface area contributed by atoms with Gasteiger partial charge in [-0.05, 0) is 35.9 Å². The summed E-state index contributed by atoms with van der Waals surface area (Å²) >= 11 is 0. The molecule has 0 saturated heterocycles. The van der Waals surface area contributed by atoms with Crippen LogP contribution in [-0.4, -0.2) is 30.3 Å². The zero-order valence-corrected chi connectivity index (χ0v) is 16.1. The molecule has 0 unspecified atom stereocenters. The molecule has 3 aromatic rings. The fourth-order valence-electron chi connectivity index (χ4n) is 3.77. The van der Waals surface area contributed by atoms with E-state index in [1.807, 2.05) is 18.2 Å². The van der Waals surface area contributed by atoms with E-state index in [0.29, 0.717) is 35.8 Å². The van der Waals surface area contributed by atoms with Crippen LogP contribution in [0.3, 0.4) is 0 Å². The lowest BCUT2D eigenvalue weighted by Gasteiger charge is -2.14. The number of pyridine rings is 1. The van der Waals surface area contributed by atoms with Gasteiger partial charge in [-0.1, -0.05) is 12.1 Å². The smallest absolute Gasteiger partial charge is 0.231 e. The molecule has 1 N–H and O–H groups in total. The molecule has 152 valence electrons. The number of hydrogen-bond donors (Lipinski definition) is 1. The molecule has 6 nitrogen and oxygen atoms in total. The molecule has 1 aromatic heterocycles. The molecule has 0 spiro atoms. The van der Waals surface area contributed by atoms with E-state index in [0.717, 1.165) is 16.7 Å². The van der Waals surface area contributed by atoms with Crippen LogP contribution in [0, 0.1) is 5.82 Å². The number of nitrogens with one attached hydrogen (secondary N) is 1. The first kappa shape index (κ1) is 18.4. The maximum atomic E-state index is 14.1. The zero-order chi connectivity index (χ0) is 20.5. The van der Waals surface area contributed by atoms with Crippen molar-refractivity contribution in [3.05, 3.63) is 71.8 Å². The first-order valence-electron chi connectivity index (χ1n) is 9.70. The van der Waals surface area contributed by atoms with Gasteiger partial charge in [-0.2, -0.15) is 0 Å². The summed E-state index contributed by atoms with van der Waals surface area (Å²) in [6, 6.07) is 12.1. The van der Waals surface area contributed by atoms with E-state index >= 15 is 0 Å². The Morgan fingerprint density at radius 2 is 2.07 bits per heavy atom. The molecular weight excluding hydrogens is 387 g/mol. The van der Waals surface area contributed by atoms with E-state index < -0.39 is 0 Å². The molecule has 1 atom stereocenters. The maximum absolute atomic E-state index is 14.1. The topological polar surface area (TPSA) is 69.7 Å². The molecule has 7 heteroatoms. The number of aromatic nitrogens is 1. The van der Waals surface area contributed by atoms with Gasteiger partial charge in [0.1, 0.15) is 17.7 Å². The van der Waals surface area contributed by atoms with Gasteiger partial charge in [-0.25, -0.2) is 4.39 Å². The molecule has 5 rings (SSSR count). The average Bonchev–Trinajstić information content (AvgIpc) is 3.38. The Hall–Kier alpha value is -3.61. The third-order valence-electron chi connectivity index (χ3n) is 5.16. The van der Waals surface area contributed by atoms with E-state index in [1.165, 1.54) is 12.1 Å². The van der Waals surface area contributed by atoms with E-state index in [2.05, 4.69) is 10.3 Å². The van der Waals surface area contributed by atoms with Gasteiger partial charge in [0.15, 0.2) is 11.5 Å². The van der Waals surface area contributed by atoms with Crippen molar-refractivity contribution in [2.24, 2.45) is 0 Å². The van der Waals surface area contributed by atoms with Gasteiger partial charge >= 0.3 is 0 Å². The maximum Gasteiger partial charge on any atom is 0.231 e. The highest BCUT2D eigenvalue weighted by atomic mass is 19.1. The Labute approximate surface area is 172 Å². The molecule has 0 fully saturated rings. The third kappa shape index (κ3) is 3.66. The highest BCUT2D eigenvalue weighted by Gasteiger charge is 2.27. The van der Waals surface area contributed by atoms with Crippen LogP contribution in [0.5, 0.6) is 17.2 Å². The first-order chi connectivity index (χ1) is 14.7. The van der Waals surface area contributed by atoms with E-state index in [9.17, 15) is 9.18 Å². The van der Waals surface area contributed by atoms with Crippen molar-refractivity contribution in [1.29, 1.82) is 0 Å². The summed E-state index contributed by atoms with van der Waals surface area (Å²) in [5.74, 6) is 1.56. The second-order valence-corrected chi connectivity index (χ2v) is 7.30. The highest BCUT2D eigenvalue weighted by molar-refractivity contribution is 5.79. The number of amides is 1. The third-order valence-corrected chi connectivity index (χ3v) is 5.16. The molecular formula is C23H19FN2O4. The van der Waals surface area contributed by atoms with Gasteiger partial charge in [-0.15, -0.1) is 0 Å². The summed E-state index contributed by atoms with van der Waals surface area (Å²) in [4.78, 5) is 16.5. The van der Waals surface area contributed by atoms with E-state index in [-0.39, 0.29) is 31.0 Å². The van der Waals surface area contributed by atoms with E-state index in [1.54, 1.807) is 24.5 Å². The van der Waals surface area contributed by atoms with Crippen molar-refractivity contribution in [3.63, 3.8) is 0 Å².